The highest BCUT2D eigenvalue weighted by atomic mass is 16.5. The predicted molar refractivity (Wildman–Crippen MR) is 131 cm³/mol. The molecule has 0 aliphatic heterocycles. The van der Waals surface area contributed by atoms with Crippen LogP contribution in [-0.4, -0.2) is 57.0 Å². The summed E-state index contributed by atoms with van der Waals surface area (Å²) < 4.78 is 5.18. The molecule has 0 unspecified atom stereocenters. The average Bonchev–Trinajstić information content (AvgIpc) is 2.74. The number of rotatable bonds is 18. The minimum absolute atomic E-state index is 0.125. The first-order chi connectivity index (χ1) is 16.3. The molecule has 0 fully saturated rings. The van der Waals surface area contributed by atoms with Crippen molar-refractivity contribution in [3.05, 3.63) is 46.6 Å². The van der Waals surface area contributed by atoms with Crippen LogP contribution in [0.3, 0.4) is 0 Å². The average molecular weight is 495 g/mol. The second-order valence-electron chi connectivity index (χ2n) is 8.59. The fourth-order valence-electron chi connectivity index (χ4n) is 3.17. The Bertz CT molecular complexity index is 862. The largest absolute Gasteiger partial charge is 0.481 e. The molecule has 35 heavy (non-hydrogen) atoms. The van der Waals surface area contributed by atoms with Crippen LogP contribution >= 0.6 is 0 Å². The normalized spacial score (nSPS) is 15.0. The van der Waals surface area contributed by atoms with Gasteiger partial charge in [0.15, 0.2) is 6.10 Å². The Kier molecular flexibility index (Phi) is 15.7. The molecule has 9 heteroatoms. The fraction of sp³-hybridized carbons (Fsp3) is 0.538. The maximum absolute atomic E-state index is 11.3. The highest BCUT2D eigenvalue weighted by Gasteiger charge is 2.36. The summed E-state index contributed by atoms with van der Waals surface area (Å²) in [6.45, 7) is 7.41. The lowest BCUT2D eigenvalue weighted by atomic mass is 9.98. The molecule has 0 amide bonds. The van der Waals surface area contributed by atoms with E-state index in [-0.39, 0.29) is 6.61 Å². The second-order valence-corrected chi connectivity index (χ2v) is 8.59. The van der Waals surface area contributed by atoms with Gasteiger partial charge in [-0.3, -0.25) is 9.59 Å². The minimum atomic E-state index is -1.75. The number of allylic oxidation sites excluding steroid dienone is 6. The molecule has 9 nitrogen and oxygen atoms in total. The molecule has 0 saturated carbocycles. The standard InChI is InChI=1S/C26H38O9/c1-17(8-5-9-18(2)12-7-13-20(4)24(29)30)10-6-11-19(3)14-15-35-23(26(33)34)21(25(31)32)16-22(27)28/h9-10,13-14,21,23H,5-8,11-12,15-16H2,1-4H3,(H,27,28)(H,29,30)(H,31,32)(H,33,34)/b17-10+,18-9+,19-14+,20-13+/t21-,23+/m0/s1. The Hall–Kier alpha value is -3.20. The molecule has 0 radical (unpaired) electrons. The Labute approximate surface area is 206 Å². The van der Waals surface area contributed by atoms with E-state index in [0.717, 1.165) is 37.7 Å². The maximum Gasteiger partial charge on any atom is 0.333 e. The Morgan fingerprint density at radius 3 is 1.54 bits per heavy atom. The van der Waals surface area contributed by atoms with Crippen molar-refractivity contribution in [2.75, 3.05) is 6.61 Å². The first kappa shape index (κ1) is 31.8. The van der Waals surface area contributed by atoms with E-state index in [1.54, 1.807) is 19.1 Å². The molecule has 0 rings (SSSR count). The van der Waals surface area contributed by atoms with Crippen LogP contribution in [0.4, 0.5) is 0 Å². The molecule has 0 saturated heterocycles. The van der Waals surface area contributed by atoms with Gasteiger partial charge in [-0.2, -0.15) is 0 Å². The van der Waals surface area contributed by atoms with Crippen molar-refractivity contribution in [2.45, 2.75) is 78.7 Å². The van der Waals surface area contributed by atoms with Gasteiger partial charge >= 0.3 is 23.9 Å². The molecule has 196 valence electrons. The number of hydrogen-bond donors (Lipinski definition) is 4. The molecule has 2 atom stereocenters. The topological polar surface area (TPSA) is 158 Å². The SMILES string of the molecule is C/C(=C\CC/C(C)=C/CO[C@@H](C(=O)O)[C@H](CC(=O)O)C(=O)O)CC/C=C(\C)CC/C=C(\C)C(=O)O. The molecule has 0 aromatic carbocycles. The monoisotopic (exact) mass is 494 g/mol. The highest BCUT2D eigenvalue weighted by molar-refractivity contribution is 5.86. The third kappa shape index (κ3) is 15.3. The second kappa shape index (κ2) is 17.3. The first-order valence-electron chi connectivity index (χ1n) is 11.5. The Morgan fingerprint density at radius 2 is 1.14 bits per heavy atom. The van der Waals surface area contributed by atoms with Gasteiger partial charge in [-0.15, -0.1) is 0 Å². The lowest BCUT2D eigenvalue weighted by Crippen LogP contribution is -2.38. The van der Waals surface area contributed by atoms with Crippen LogP contribution in [0.5, 0.6) is 0 Å². The van der Waals surface area contributed by atoms with E-state index in [0.29, 0.717) is 12.0 Å². The fourth-order valence-corrected chi connectivity index (χ4v) is 3.17. The predicted octanol–water partition coefficient (Wildman–Crippen LogP) is 4.84. The van der Waals surface area contributed by atoms with Crippen LogP contribution in [0.2, 0.25) is 0 Å². The number of aliphatic carboxylic acids is 4. The van der Waals surface area contributed by atoms with E-state index in [1.807, 2.05) is 13.8 Å². The summed E-state index contributed by atoms with van der Waals surface area (Å²) in [5.41, 5.74) is 3.77. The van der Waals surface area contributed by atoms with Gasteiger partial charge in [0.05, 0.1) is 13.0 Å². The lowest BCUT2D eigenvalue weighted by Gasteiger charge is -2.18. The smallest absolute Gasteiger partial charge is 0.333 e. The van der Waals surface area contributed by atoms with E-state index in [1.165, 1.54) is 11.1 Å². The molecular formula is C26H38O9. The summed E-state index contributed by atoms with van der Waals surface area (Å²) in [6.07, 6.45) is 9.96. The summed E-state index contributed by atoms with van der Waals surface area (Å²) in [5.74, 6) is -7.02. The van der Waals surface area contributed by atoms with E-state index < -0.39 is 42.3 Å². The molecule has 0 aliphatic carbocycles. The van der Waals surface area contributed by atoms with Crippen molar-refractivity contribution in [1.82, 2.24) is 0 Å². The summed E-state index contributed by atoms with van der Waals surface area (Å²) in [5, 5.41) is 36.0. The van der Waals surface area contributed by atoms with Crippen LogP contribution in [-0.2, 0) is 23.9 Å². The van der Waals surface area contributed by atoms with Gasteiger partial charge in [-0.05, 0) is 66.2 Å². The Balaban J connectivity index is 4.53. The zero-order valence-corrected chi connectivity index (χ0v) is 21.0. The van der Waals surface area contributed by atoms with Crippen molar-refractivity contribution < 1.29 is 44.3 Å². The molecule has 0 aliphatic rings. The van der Waals surface area contributed by atoms with Crippen molar-refractivity contribution in [2.24, 2.45) is 5.92 Å². The summed E-state index contributed by atoms with van der Waals surface area (Å²) in [4.78, 5) is 44.2. The number of carboxylic acids is 4. The van der Waals surface area contributed by atoms with Crippen LogP contribution < -0.4 is 0 Å². The van der Waals surface area contributed by atoms with E-state index in [9.17, 15) is 24.3 Å². The zero-order chi connectivity index (χ0) is 27.0. The third-order valence-corrected chi connectivity index (χ3v) is 5.42. The van der Waals surface area contributed by atoms with Gasteiger partial charge in [-0.1, -0.05) is 41.0 Å². The maximum atomic E-state index is 11.3. The number of carbonyl (C=O) groups is 4. The van der Waals surface area contributed by atoms with E-state index in [4.69, 9.17) is 20.1 Å². The molecule has 0 heterocycles. The van der Waals surface area contributed by atoms with Crippen LogP contribution in [0, 0.1) is 5.92 Å². The highest BCUT2D eigenvalue weighted by Crippen LogP contribution is 2.16. The molecule has 0 aromatic heterocycles. The van der Waals surface area contributed by atoms with Crippen LogP contribution in [0.25, 0.3) is 0 Å². The minimum Gasteiger partial charge on any atom is -0.481 e. The molecule has 0 bridgehead atoms. The quantitative estimate of drug-likeness (QED) is 0.154. The summed E-state index contributed by atoms with van der Waals surface area (Å²) in [7, 11) is 0. The van der Waals surface area contributed by atoms with Crippen molar-refractivity contribution in [3.8, 4) is 0 Å². The first-order valence-corrected chi connectivity index (χ1v) is 11.5. The molecule has 0 spiro atoms. The number of ether oxygens (including phenoxy) is 1. The third-order valence-electron chi connectivity index (χ3n) is 5.42. The van der Waals surface area contributed by atoms with Gasteiger partial charge < -0.3 is 25.2 Å². The van der Waals surface area contributed by atoms with Gasteiger partial charge in [0.25, 0.3) is 0 Å². The Morgan fingerprint density at radius 1 is 0.686 bits per heavy atom. The number of carboxylic acid groups (broad SMARTS) is 4. The molecule has 0 aromatic rings. The van der Waals surface area contributed by atoms with Gasteiger partial charge in [0.1, 0.15) is 5.92 Å². The van der Waals surface area contributed by atoms with Crippen molar-refractivity contribution in [3.63, 3.8) is 0 Å². The van der Waals surface area contributed by atoms with E-state index >= 15 is 0 Å². The lowest BCUT2D eigenvalue weighted by molar-refractivity contribution is -0.165. The summed E-state index contributed by atoms with van der Waals surface area (Å²) in [6, 6.07) is 0. The van der Waals surface area contributed by atoms with Gasteiger partial charge in [-0.25, -0.2) is 9.59 Å². The summed E-state index contributed by atoms with van der Waals surface area (Å²) >= 11 is 0. The van der Waals surface area contributed by atoms with E-state index in [2.05, 4.69) is 19.1 Å². The van der Waals surface area contributed by atoms with Gasteiger partial charge in [0.2, 0.25) is 0 Å². The number of hydrogen-bond acceptors (Lipinski definition) is 5. The van der Waals surface area contributed by atoms with Crippen molar-refractivity contribution >= 4 is 23.9 Å². The molecular weight excluding hydrogens is 456 g/mol. The van der Waals surface area contributed by atoms with Crippen molar-refractivity contribution in [1.29, 1.82) is 0 Å². The van der Waals surface area contributed by atoms with Crippen LogP contribution in [0.15, 0.2) is 46.6 Å². The zero-order valence-electron chi connectivity index (χ0n) is 21.0. The van der Waals surface area contributed by atoms with Gasteiger partial charge in [0, 0.05) is 5.57 Å². The molecule has 4 N–H and O–H groups in total. The van der Waals surface area contributed by atoms with Crippen LogP contribution in [0.1, 0.15) is 72.6 Å².